The van der Waals surface area contributed by atoms with Crippen LogP contribution < -0.4 is 4.74 Å². The molecule has 0 spiro atoms. The van der Waals surface area contributed by atoms with Gasteiger partial charge in [-0.3, -0.25) is 4.79 Å². The lowest BCUT2D eigenvalue weighted by molar-refractivity contribution is -0.138. The van der Waals surface area contributed by atoms with Crippen LogP contribution in [0.1, 0.15) is 35.4 Å². The third-order valence-corrected chi connectivity index (χ3v) is 4.01. The van der Waals surface area contributed by atoms with Gasteiger partial charge in [-0.05, 0) is 36.2 Å². The molecule has 118 valence electrons. The maximum Gasteiger partial charge on any atom is 0.310 e. The molecule has 2 rings (SSSR count). The summed E-state index contributed by atoms with van der Waals surface area (Å²) < 4.78 is 5.33. The molecule has 0 fully saturated rings. The number of halogens is 1. The molecular formula is C18H16ClNO3. The Hall–Kier alpha value is -2.51. The van der Waals surface area contributed by atoms with Crippen LogP contribution in [0.5, 0.6) is 5.75 Å². The number of carboxylic acids is 1. The predicted octanol–water partition coefficient (Wildman–Crippen LogP) is 4.19. The van der Waals surface area contributed by atoms with Gasteiger partial charge in [0.25, 0.3) is 0 Å². The molecular weight excluding hydrogens is 314 g/mol. The number of aliphatic carboxylic acids is 1. The molecule has 0 bridgehead atoms. The monoisotopic (exact) mass is 329 g/mol. The fourth-order valence-corrected chi connectivity index (χ4v) is 2.72. The first-order valence-electron chi connectivity index (χ1n) is 7.04. The molecule has 2 aromatic rings. The van der Waals surface area contributed by atoms with E-state index in [9.17, 15) is 15.2 Å². The van der Waals surface area contributed by atoms with Gasteiger partial charge in [-0.25, -0.2) is 0 Å². The number of carboxylic acid groups (broad SMARTS) is 1. The van der Waals surface area contributed by atoms with Crippen LogP contribution in [0.3, 0.4) is 0 Å². The van der Waals surface area contributed by atoms with Gasteiger partial charge in [-0.15, -0.1) is 0 Å². The van der Waals surface area contributed by atoms with Crippen molar-refractivity contribution < 1.29 is 14.6 Å². The van der Waals surface area contributed by atoms with E-state index in [1.165, 1.54) is 7.11 Å². The van der Waals surface area contributed by atoms with Crippen LogP contribution >= 0.6 is 11.6 Å². The molecule has 0 heterocycles. The van der Waals surface area contributed by atoms with Gasteiger partial charge in [-0.2, -0.15) is 5.26 Å². The summed E-state index contributed by atoms with van der Waals surface area (Å²) in [6.45, 7) is 1.59. The summed E-state index contributed by atoms with van der Waals surface area (Å²) in [5, 5.41) is 19.5. The molecule has 2 atom stereocenters. The number of rotatable bonds is 5. The Balaban J connectivity index is 2.65. The van der Waals surface area contributed by atoms with Crippen molar-refractivity contribution in [2.75, 3.05) is 7.11 Å². The zero-order chi connectivity index (χ0) is 17.0. The lowest BCUT2D eigenvalue weighted by Crippen LogP contribution is -2.12. The molecule has 0 radical (unpaired) electrons. The van der Waals surface area contributed by atoms with Crippen LogP contribution in [0, 0.1) is 11.3 Å². The van der Waals surface area contributed by atoms with E-state index in [4.69, 9.17) is 16.3 Å². The summed E-state index contributed by atoms with van der Waals surface area (Å²) in [4.78, 5) is 11.4. The lowest BCUT2D eigenvalue weighted by atomic mass is 9.84. The summed E-state index contributed by atoms with van der Waals surface area (Å²) in [5.74, 6) is -1.78. The van der Waals surface area contributed by atoms with Gasteiger partial charge in [0.15, 0.2) is 0 Å². The minimum atomic E-state index is -0.953. The average molecular weight is 330 g/mol. The zero-order valence-electron chi connectivity index (χ0n) is 12.8. The zero-order valence-corrected chi connectivity index (χ0v) is 13.5. The summed E-state index contributed by atoms with van der Waals surface area (Å²) in [7, 11) is 1.53. The first kappa shape index (κ1) is 16.9. The number of benzene rings is 2. The highest BCUT2D eigenvalue weighted by molar-refractivity contribution is 6.30. The molecule has 0 amide bonds. The number of methoxy groups -OCH3 is 1. The molecule has 23 heavy (non-hydrogen) atoms. The first-order valence-corrected chi connectivity index (χ1v) is 7.42. The van der Waals surface area contributed by atoms with E-state index in [1.807, 2.05) is 12.1 Å². The van der Waals surface area contributed by atoms with Crippen LogP contribution in [-0.2, 0) is 4.79 Å². The number of nitriles is 1. The second-order valence-electron chi connectivity index (χ2n) is 5.14. The minimum absolute atomic E-state index is 0.455. The summed E-state index contributed by atoms with van der Waals surface area (Å²) in [6.07, 6.45) is 0. The van der Waals surface area contributed by atoms with Crippen molar-refractivity contribution in [3.63, 3.8) is 0 Å². The van der Waals surface area contributed by atoms with E-state index in [2.05, 4.69) is 6.07 Å². The van der Waals surface area contributed by atoms with Gasteiger partial charge in [0.1, 0.15) is 11.7 Å². The standard InChI is InChI=1S/C18H16ClNO3/c1-11(18(21)22)13-8-7-12(19)9-15(13)16(10-20)14-5-3-4-6-17(14)23-2/h3-9,11,16H,1-2H3,(H,21,22). The highest BCUT2D eigenvalue weighted by Crippen LogP contribution is 2.36. The number of ether oxygens (including phenoxy) is 1. The Labute approximate surface area is 139 Å². The quantitative estimate of drug-likeness (QED) is 0.892. The molecule has 0 aliphatic rings. The third-order valence-electron chi connectivity index (χ3n) is 3.78. The van der Waals surface area contributed by atoms with Crippen molar-refractivity contribution in [3.05, 3.63) is 64.2 Å². The molecule has 0 aliphatic carbocycles. The molecule has 0 aliphatic heterocycles. The molecule has 1 N–H and O–H groups in total. The van der Waals surface area contributed by atoms with Gasteiger partial charge in [-0.1, -0.05) is 35.9 Å². The van der Waals surface area contributed by atoms with Gasteiger partial charge in [0.05, 0.1) is 19.1 Å². The number of carbonyl (C=O) groups is 1. The van der Waals surface area contributed by atoms with Crippen molar-refractivity contribution in [3.8, 4) is 11.8 Å². The van der Waals surface area contributed by atoms with Crippen LogP contribution in [0.4, 0.5) is 0 Å². The highest BCUT2D eigenvalue weighted by Gasteiger charge is 2.25. The fraction of sp³-hybridized carbons (Fsp3) is 0.222. The summed E-state index contributed by atoms with van der Waals surface area (Å²) in [6, 6.07) is 14.4. The molecule has 5 heteroatoms. The van der Waals surface area contributed by atoms with Crippen molar-refractivity contribution in [1.29, 1.82) is 5.26 Å². The van der Waals surface area contributed by atoms with E-state index < -0.39 is 17.8 Å². The Morgan fingerprint density at radius 1 is 1.22 bits per heavy atom. The SMILES string of the molecule is COc1ccccc1C(C#N)c1cc(Cl)ccc1C(C)C(=O)O. The summed E-state index contributed by atoms with van der Waals surface area (Å²) in [5.41, 5.74) is 1.83. The lowest BCUT2D eigenvalue weighted by Gasteiger charge is -2.19. The highest BCUT2D eigenvalue weighted by atomic mass is 35.5. The largest absolute Gasteiger partial charge is 0.496 e. The van der Waals surface area contributed by atoms with Crippen LogP contribution in [0.25, 0.3) is 0 Å². The van der Waals surface area contributed by atoms with Crippen molar-refractivity contribution in [2.24, 2.45) is 0 Å². The van der Waals surface area contributed by atoms with Crippen LogP contribution in [-0.4, -0.2) is 18.2 Å². The Morgan fingerprint density at radius 2 is 1.91 bits per heavy atom. The Morgan fingerprint density at radius 3 is 2.52 bits per heavy atom. The molecule has 0 saturated heterocycles. The van der Waals surface area contributed by atoms with Gasteiger partial charge >= 0.3 is 5.97 Å². The maximum absolute atomic E-state index is 11.4. The van der Waals surface area contributed by atoms with E-state index >= 15 is 0 Å². The average Bonchev–Trinajstić information content (AvgIpc) is 2.55. The predicted molar refractivity (Wildman–Crippen MR) is 88.0 cm³/mol. The molecule has 0 aromatic heterocycles. The Bertz CT molecular complexity index is 767. The van der Waals surface area contributed by atoms with E-state index in [-0.39, 0.29) is 0 Å². The smallest absolute Gasteiger partial charge is 0.310 e. The van der Waals surface area contributed by atoms with Gasteiger partial charge in [0, 0.05) is 10.6 Å². The minimum Gasteiger partial charge on any atom is -0.496 e. The molecule has 0 saturated carbocycles. The third kappa shape index (κ3) is 3.46. The normalized spacial score (nSPS) is 13.0. The number of hydrogen-bond donors (Lipinski definition) is 1. The van der Waals surface area contributed by atoms with Crippen molar-refractivity contribution in [2.45, 2.75) is 18.8 Å². The molecule has 4 nitrogen and oxygen atoms in total. The van der Waals surface area contributed by atoms with E-state index in [0.29, 0.717) is 27.5 Å². The maximum atomic E-state index is 11.4. The second kappa shape index (κ2) is 7.17. The molecule has 2 aromatic carbocycles. The van der Waals surface area contributed by atoms with E-state index in [0.717, 1.165) is 0 Å². The number of hydrogen-bond acceptors (Lipinski definition) is 3. The van der Waals surface area contributed by atoms with Crippen LogP contribution in [0.15, 0.2) is 42.5 Å². The number of para-hydroxylation sites is 1. The van der Waals surface area contributed by atoms with E-state index in [1.54, 1.807) is 37.3 Å². The van der Waals surface area contributed by atoms with Gasteiger partial charge in [0.2, 0.25) is 0 Å². The first-order chi connectivity index (χ1) is 11.0. The topological polar surface area (TPSA) is 70.3 Å². The van der Waals surface area contributed by atoms with Crippen molar-refractivity contribution in [1.82, 2.24) is 0 Å². The molecule has 2 unspecified atom stereocenters. The Kier molecular flexibility index (Phi) is 5.25. The second-order valence-corrected chi connectivity index (χ2v) is 5.57. The fourth-order valence-electron chi connectivity index (χ4n) is 2.53. The number of nitrogens with zero attached hydrogens (tertiary/aromatic N) is 1. The van der Waals surface area contributed by atoms with Crippen LogP contribution in [0.2, 0.25) is 5.02 Å². The summed E-state index contributed by atoms with van der Waals surface area (Å²) >= 11 is 6.08. The van der Waals surface area contributed by atoms with Crippen molar-refractivity contribution >= 4 is 17.6 Å². The van der Waals surface area contributed by atoms with Gasteiger partial charge < -0.3 is 9.84 Å².